The van der Waals surface area contributed by atoms with E-state index in [0.717, 1.165) is 9.37 Å². The normalized spacial score (nSPS) is 14.7. The highest BCUT2D eigenvalue weighted by molar-refractivity contribution is 9.10. The first-order valence-electron chi connectivity index (χ1n) is 8.93. The molecule has 1 N–H and O–H groups in total. The minimum atomic E-state index is -0.336. The number of carbonyl (C=O) groups is 2. The number of amides is 2. The monoisotopic (exact) mass is 465 g/mol. The first-order valence-corrected chi connectivity index (χ1v) is 10.7. The van der Waals surface area contributed by atoms with Gasteiger partial charge in [0.25, 0.3) is 0 Å². The van der Waals surface area contributed by atoms with Gasteiger partial charge in [-0.1, -0.05) is 15.9 Å². The van der Waals surface area contributed by atoms with Gasteiger partial charge in [-0.05, 0) is 48.5 Å². The zero-order chi connectivity index (χ0) is 19.9. The number of nitrogens with zero attached hydrogens (tertiary/aromatic N) is 2. The van der Waals surface area contributed by atoms with E-state index in [9.17, 15) is 14.0 Å². The summed E-state index contributed by atoms with van der Waals surface area (Å²) in [4.78, 5) is 29.5. The Bertz CT molecular complexity index is 809. The zero-order valence-electron chi connectivity index (χ0n) is 15.2. The van der Waals surface area contributed by atoms with Gasteiger partial charge >= 0.3 is 0 Å². The molecule has 1 saturated heterocycles. The van der Waals surface area contributed by atoms with Crippen LogP contribution in [-0.4, -0.2) is 60.1 Å². The van der Waals surface area contributed by atoms with E-state index in [2.05, 4.69) is 21.2 Å². The fourth-order valence-corrected chi connectivity index (χ4v) is 3.92. The van der Waals surface area contributed by atoms with Crippen LogP contribution in [0.25, 0.3) is 0 Å². The Balaban J connectivity index is 1.38. The van der Waals surface area contributed by atoms with E-state index < -0.39 is 0 Å². The molecule has 0 bridgehead atoms. The number of rotatable bonds is 6. The van der Waals surface area contributed by atoms with Crippen LogP contribution in [0.5, 0.6) is 0 Å². The van der Waals surface area contributed by atoms with Gasteiger partial charge in [0.2, 0.25) is 11.8 Å². The lowest BCUT2D eigenvalue weighted by Gasteiger charge is -2.34. The van der Waals surface area contributed by atoms with Crippen LogP contribution in [0, 0.1) is 5.82 Å². The van der Waals surface area contributed by atoms with Crippen molar-refractivity contribution >= 4 is 45.2 Å². The second-order valence-electron chi connectivity index (χ2n) is 6.45. The third-order valence-corrected chi connectivity index (χ3v) is 5.92. The second-order valence-corrected chi connectivity index (χ2v) is 8.42. The summed E-state index contributed by atoms with van der Waals surface area (Å²) in [5, 5.41) is 2.76. The number of carbonyl (C=O) groups excluding carboxylic acids is 2. The van der Waals surface area contributed by atoms with Gasteiger partial charge in [0, 0.05) is 41.2 Å². The van der Waals surface area contributed by atoms with Crippen LogP contribution in [0.2, 0.25) is 0 Å². The molecule has 148 valence electrons. The van der Waals surface area contributed by atoms with E-state index in [4.69, 9.17) is 0 Å². The van der Waals surface area contributed by atoms with Crippen LogP contribution in [-0.2, 0) is 9.59 Å². The van der Waals surface area contributed by atoms with E-state index in [0.29, 0.717) is 37.6 Å². The molecule has 28 heavy (non-hydrogen) atoms. The van der Waals surface area contributed by atoms with Gasteiger partial charge in [0.1, 0.15) is 5.82 Å². The lowest BCUT2D eigenvalue weighted by Crippen LogP contribution is -2.50. The van der Waals surface area contributed by atoms with Crippen LogP contribution < -0.4 is 5.32 Å². The summed E-state index contributed by atoms with van der Waals surface area (Å²) >= 11 is 4.93. The average molecular weight is 466 g/mol. The molecule has 8 heteroatoms. The fourth-order valence-electron chi connectivity index (χ4n) is 2.86. The minimum absolute atomic E-state index is 0.114. The van der Waals surface area contributed by atoms with Gasteiger partial charge in [0.15, 0.2) is 0 Å². The first-order chi connectivity index (χ1) is 13.5. The van der Waals surface area contributed by atoms with Crippen molar-refractivity contribution in [2.45, 2.75) is 4.90 Å². The maximum atomic E-state index is 12.9. The molecule has 0 radical (unpaired) electrons. The molecule has 2 aromatic rings. The molecule has 2 aromatic carbocycles. The van der Waals surface area contributed by atoms with Gasteiger partial charge in [-0.25, -0.2) is 4.39 Å². The van der Waals surface area contributed by atoms with Crippen molar-refractivity contribution in [3.63, 3.8) is 0 Å². The number of piperazine rings is 1. The highest BCUT2D eigenvalue weighted by Crippen LogP contribution is 2.21. The third-order valence-electron chi connectivity index (χ3n) is 4.40. The molecule has 0 unspecified atom stereocenters. The summed E-state index contributed by atoms with van der Waals surface area (Å²) in [7, 11) is 0. The third kappa shape index (κ3) is 6.32. The molecule has 0 aliphatic carbocycles. The Kier molecular flexibility index (Phi) is 7.47. The molecule has 5 nitrogen and oxygen atoms in total. The maximum Gasteiger partial charge on any atom is 0.238 e. The van der Waals surface area contributed by atoms with Crippen molar-refractivity contribution in [3.05, 3.63) is 58.8 Å². The van der Waals surface area contributed by atoms with Crippen LogP contribution in [0.15, 0.2) is 57.9 Å². The van der Waals surface area contributed by atoms with Crippen LogP contribution in [0.4, 0.5) is 10.1 Å². The summed E-state index contributed by atoms with van der Waals surface area (Å²) in [6.07, 6.45) is 0. The number of halogens is 2. The van der Waals surface area contributed by atoms with E-state index in [1.165, 1.54) is 36.0 Å². The maximum absolute atomic E-state index is 12.9. The van der Waals surface area contributed by atoms with E-state index >= 15 is 0 Å². The molecule has 3 rings (SSSR count). The Morgan fingerprint density at radius 3 is 2.29 bits per heavy atom. The number of hydrogen-bond acceptors (Lipinski definition) is 4. The number of benzene rings is 2. The van der Waals surface area contributed by atoms with Crippen molar-refractivity contribution in [3.8, 4) is 0 Å². The predicted molar refractivity (Wildman–Crippen MR) is 113 cm³/mol. The number of nitrogens with one attached hydrogen (secondary N) is 1. The number of anilines is 1. The van der Waals surface area contributed by atoms with Gasteiger partial charge in [-0.3, -0.25) is 14.5 Å². The fraction of sp³-hybridized carbons (Fsp3) is 0.300. The first kappa shape index (κ1) is 20.8. The lowest BCUT2D eigenvalue weighted by atomic mass is 10.3. The Labute approximate surface area is 176 Å². The lowest BCUT2D eigenvalue weighted by molar-refractivity contribution is -0.130. The molecular weight excluding hydrogens is 445 g/mol. The summed E-state index contributed by atoms with van der Waals surface area (Å²) < 4.78 is 13.9. The second kappa shape index (κ2) is 10.0. The summed E-state index contributed by atoms with van der Waals surface area (Å²) in [5.74, 6) is 0.0461. The average Bonchev–Trinajstić information content (AvgIpc) is 2.69. The van der Waals surface area contributed by atoms with Crippen molar-refractivity contribution in [1.82, 2.24) is 9.80 Å². The van der Waals surface area contributed by atoms with Crippen LogP contribution in [0.3, 0.4) is 0 Å². The smallest absolute Gasteiger partial charge is 0.238 e. The van der Waals surface area contributed by atoms with Crippen LogP contribution >= 0.6 is 27.7 Å². The Hall–Kier alpha value is -1.90. The van der Waals surface area contributed by atoms with Crippen molar-refractivity contribution < 1.29 is 14.0 Å². The minimum Gasteiger partial charge on any atom is -0.339 e. The van der Waals surface area contributed by atoms with Crippen molar-refractivity contribution in [2.75, 3.05) is 43.8 Å². The van der Waals surface area contributed by atoms with Gasteiger partial charge in [-0.2, -0.15) is 0 Å². The zero-order valence-corrected chi connectivity index (χ0v) is 17.6. The Morgan fingerprint density at radius 2 is 1.64 bits per heavy atom. The molecule has 1 aliphatic rings. The van der Waals surface area contributed by atoms with Crippen LogP contribution in [0.1, 0.15) is 0 Å². The SMILES string of the molecule is O=C(CN1CCN(C(=O)CSc2ccc(Br)cc2)CC1)Nc1ccc(F)cc1. The van der Waals surface area contributed by atoms with E-state index in [1.54, 1.807) is 0 Å². The Morgan fingerprint density at radius 1 is 1.00 bits per heavy atom. The van der Waals surface area contributed by atoms with Gasteiger partial charge < -0.3 is 10.2 Å². The largest absolute Gasteiger partial charge is 0.339 e. The number of hydrogen-bond donors (Lipinski definition) is 1. The van der Waals surface area contributed by atoms with Crippen molar-refractivity contribution in [1.29, 1.82) is 0 Å². The van der Waals surface area contributed by atoms with Gasteiger partial charge in [0.05, 0.1) is 12.3 Å². The molecule has 0 atom stereocenters. The summed E-state index contributed by atoms with van der Waals surface area (Å²) in [5.41, 5.74) is 0.574. The summed E-state index contributed by atoms with van der Waals surface area (Å²) in [6, 6.07) is 13.6. The van der Waals surface area contributed by atoms with Crippen molar-refractivity contribution in [2.24, 2.45) is 0 Å². The molecule has 1 fully saturated rings. The van der Waals surface area contributed by atoms with Gasteiger partial charge in [-0.15, -0.1) is 11.8 Å². The molecule has 0 aromatic heterocycles. The van der Waals surface area contributed by atoms with E-state index in [1.807, 2.05) is 34.1 Å². The van der Waals surface area contributed by atoms with E-state index in [-0.39, 0.29) is 24.2 Å². The molecule has 1 aliphatic heterocycles. The summed E-state index contributed by atoms with van der Waals surface area (Å²) in [6.45, 7) is 2.80. The molecule has 0 spiro atoms. The highest BCUT2D eigenvalue weighted by atomic mass is 79.9. The standard InChI is InChI=1S/C20H21BrFN3O2S/c21-15-1-7-18(8-2-15)28-14-20(27)25-11-9-24(10-12-25)13-19(26)23-17-5-3-16(22)4-6-17/h1-8H,9-14H2,(H,23,26). The molecule has 2 amide bonds. The molecule has 1 heterocycles. The highest BCUT2D eigenvalue weighted by Gasteiger charge is 2.22. The molecule has 0 saturated carbocycles. The topological polar surface area (TPSA) is 52.7 Å². The predicted octanol–water partition coefficient (Wildman–Crippen LogP) is 3.46. The quantitative estimate of drug-likeness (QED) is 0.663. The molecular formula is C20H21BrFN3O2S. The number of thioether (sulfide) groups is 1.